The van der Waals surface area contributed by atoms with E-state index in [0.29, 0.717) is 6.54 Å². The molecule has 112 valence electrons. The van der Waals surface area contributed by atoms with Gasteiger partial charge in [0.25, 0.3) is 0 Å². The molecule has 0 saturated carbocycles. The summed E-state index contributed by atoms with van der Waals surface area (Å²) in [6.07, 6.45) is 2.45. The first-order chi connectivity index (χ1) is 9.65. The third-order valence-corrected chi connectivity index (χ3v) is 4.69. The Labute approximate surface area is 125 Å². The summed E-state index contributed by atoms with van der Waals surface area (Å²) in [5, 5.41) is 5.43. The van der Waals surface area contributed by atoms with Crippen molar-refractivity contribution in [3.63, 3.8) is 0 Å². The zero-order valence-electron chi connectivity index (χ0n) is 12.5. The van der Waals surface area contributed by atoms with Gasteiger partial charge >= 0.3 is 0 Å². The van der Waals surface area contributed by atoms with Crippen molar-refractivity contribution in [3.05, 3.63) is 22.4 Å². The molecule has 1 fully saturated rings. The molecule has 0 unspecified atom stereocenters. The van der Waals surface area contributed by atoms with E-state index in [1.165, 1.54) is 17.7 Å². The third-order valence-electron chi connectivity index (χ3n) is 3.83. The van der Waals surface area contributed by atoms with E-state index in [4.69, 9.17) is 0 Å². The van der Waals surface area contributed by atoms with Gasteiger partial charge in [0, 0.05) is 18.5 Å². The first-order valence-electron chi connectivity index (χ1n) is 7.30. The molecule has 0 aromatic carbocycles. The summed E-state index contributed by atoms with van der Waals surface area (Å²) in [7, 11) is 3.94. The van der Waals surface area contributed by atoms with Crippen LogP contribution in [-0.4, -0.2) is 56.0 Å². The van der Waals surface area contributed by atoms with Crippen molar-refractivity contribution in [2.75, 3.05) is 40.3 Å². The minimum absolute atomic E-state index is 0.204. The number of piperidine rings is 1. The van der Waals surface area contributed by atoms with Crippen LogP contribution in [0.25, 0.3) is 0 Å². The van der Waals surface area contributed by atoms with Crippen LogP contribution in [-0.2, 0) is 11.3 Å². The highest BCUT2D eigenvalue weighted by atomic mass is 32.1. The summed E-state index contributed by atoms with van der Waals surface area (Å²) < 4.78 is 0. The maximum absolute atomic E-state index is 12.2. The molecule has 0 bridgehead atoms. The molecular formula is C15H25N3OS. The number of thiophene rings is 1. The average molecular weight is 295 g/mol. The van der Waals surface area contributed by atoms with Gasteiger partial charge in [0.2, 0.25) is 5.91 Å². The van der Waals surface area contributed by atoms with E-state index >= 15 is 0 Å². The largest absolute Gasteiger partial charge is 0.340 e. The third kappa shape index (κ3) is 4.89. The van der Waals surface area contributed by atoms with Crippen molar-refractivity contribution in [1.82, 2.24) is 15.1 Å². The molecule has 1 N–H and O–H groups in total. The summed E-state index contributed by atoms with van der Waals surface area (Å²) >= 11 is 1.70. The fraction of sp³-hybridized carbons (Fsp3) is 0.667. The van der Waals surface area contributed by atoms with Gasteiger partial charge < -0.3 is 10.2 Å². The van der Waals surface area contributed by atoms with E-state index in [1.54, 1.807) is 11.3 Å². The lowest BCUT2D eigenvalue weighted by molar-refractivity contribution is -0.131. The Balaban J connectivity index is 1.72. The highest BCUT2D eigenvalue weighted by molar-refractivity contribution is 7.09. The number of nitrogens with one attached hydrogen (secondary N) is 1. The van der Waals surface area contributed by atoms with Crippen molar-refractivity contribution in [1.29, 1.82) is 0 Å². The molecule has 1 amide bonds. The predicted molar refractivity (Wildman–Crippen MR) is 83.9 cm³/mol. The van der Waals surface area contributed by atoms with E-state index < -0.39 is 0 Å². The molecule has 20 heavy (non-hydrogen) atoms. The first kappa shape index (κ1) is 15.5. The number of carbonyl (C=O) groups excluding carboxylic acids is 1. The van der Waals surface area contributed by atoms with Crippen molar-refractivity contribution in [2.45, 2.75) is 19.4 Å². The molecule has 0 radical (unpaired) electrons. The van der Waals surface area contributed by atoms with Crippen LogP contribution in [0.3, 0.4) is 0 Å². The topological polar surface area (TPSA) is 35.6 Å². The van der Waals surface area contributed by atoms with Gasteiger partial charge in [-0.2, -0.15) is 0 Å². The molecule has 1 aromatic heterocycles. The molecule has 4 nitrogen and oxygen atoms in total. The zero-order valence-corrected chi connectivity index (χ0v) is 13.3. The Hall–Kier alpha value is -0.910. The van der Waals surface area contributed by atoms with Gasteiger partial charge in [-0.05, 0) is 50.3 Å². The molecular weight excluding hydrogens is 270 g/mol. The van der Waals surface area contributed by atoms with E-state index in [0.717, 1.165) is 32.1 Å². The van der Waals surface area contributed by atoms with Gasteiger partial charge in [0.15, 0.2) is 0 Å². The molecule has 5 heteroatoms. The molecule has 1 aromatic rings. The van der Waals surface area contributed by atoms with E-state index in [1.807, 2.05) is 18.0 Å². The molecule has 2 rings (SSSR count). The Morgan fingerprint density at radius 3 is 2.80 bits per heavy atom. The van der Waals surface area contributed by atoms with Gasteiger partial charge in [-0.15, -0.1) is 11.3 Å². The molecule has 0 aliphatic carbocycles. The fourth-order valence-electron chi connectivity index (χ4n) is 2.65. The van der Waals surface area contributed by atoms with Crippen LogP contribution in [0.15, 0.2) is 17.5 Å². The normalized spacial score (nSPS) is 16.6. The van der Waals surface area contributed by atoms with Crippen LogP contribution in [0, 0.1) is 5.92 Å². The number of likely N-dealkylation sites (N-methyl/N-ethyl adjacent to an activating group) is 2. The lowest BCUT2D eigenvalue weighted by atomic mass is 9.98. The van der Waals surface area contributed by atoms with Crippen molar-refractivity contribution in [2.24, 2.45) is 5.92 Å². The maximum atomic E-state index is 12.2. The highest BCUT2D eigenvalue weighted by Gasteiger charge is 2.18. The summed E-state index contributed by atoms with van der Waals surface area (Å²) in [6, 6.07) is 4.11. The molecule has 2 heterocycles. The Morgan fingerprint density at radius 2 is 2.15 bits per heavy atom. The highest BCUT2D eigenvalue weighted by Crippen LogP contribution is 2.13. The molecule has 0 spiro atoms. The summed E-state index contributed by atoms with van der Waals surface area (Å²) in [5.74, 6) is 0.937. The van der Waals surface area contributed by atoms with Crippen molar-refractivity contribution in [3.8, 4) is 0 Å². The Kier molecular flexibility index (Phi) is 6.01. The smallest absolute Gasteiger partial charge is 0.236 e. The van der Waals surface area contributed by atoms with Crippen LogP contribution in [0.2, 0.25) is 0 Å². The Bertz CT molecular complexity index is 401. The van der Waals surface area contributed by atoms with Gasteiger partial charge in [0.1, 0.15) is 0 Å². The summed E-state index contributed by atoms with van der Waals surface area (Å²) in [5.41, 5.74) is 0. The van der Waals surface area contributed by atoms with Crippen molar-refractivity contribution < 1.29 is 4.79 Å². The fourth-order valence-corrected chi connectivity index (χ4v) is 3.40. The molecule has 0 atom stereocenters. The number of nitrogens with zero attached hydrogens (tertiary/aromatic N) is 2. The van der Waals surface area contributed by atoms with Crippen LogP contribution in [0.4, 0.5) is 0 Å². The standard InChI is InChI=1S/C15H25N3OS/c1-17(10-13-5-7-16-8-6-13)12-15(19)18(2)11-14-4-3-9-20-14/h3-4,9,13,16H,5-8,10-12H2,1-2H3. The van der Waals surface area contributed by atoms with E-state index in [2.05, 4.69) is 28.7 Å². The SMILES string of the molecule is CN(CC(=O)N(C)Cc1cccs1)CC1CCNCC1. The van der Waals surface area contributed by atoms with Crippen LogP contribution in [0.5, 0.6) is 0 Å². The van der Waals surface area contributed by atoms with Gasteiger partial charge in [-0.25, -0.2) is 0 Å². The lowest BCUT2D eigenvalue weighted by Gasteiger charge is -2.28. The minimum Gasteiger partial charge on any atom is -0.340 e. The summed E-state index contributed by atoms with van der Waals surface area (Å²) in [4.78, 5) is 17.4. The monoisotopic (exact) mass is 295 g/mol. The van der Waals surface area contributed by atoms with E-state index in [-0.39, 0.29) is 5.91 Å². The summed E-state index contributed by atoms with van der Waals surface area (Å²) in [6.45, 7) is 4.50. The molecule has 1 aliphatic heterocycles. The Morgan fingerprint density at radius 1 is 1.40 bits per heavy atom. The predicted octanol–water partition coefficient (Wildman–Crippen LogP) is 1.64. The second kappa shape index (κ2) is 7.76. The van der Waals surface area contributed by atoms with Gasteiger partial charge in [-0.3, -0.25) is 9.69 Å². The number of amides is 1. The number of rotatable bonds is 6. The second-order valence-electron chi connectivity index (χ2n) is 5.72. The molecule has 1 aliphatic rings. The zero-order chi connectivity index (χ0) is 14.4. The average Bonchev–Trinajstić information content (AvgIpc) is 2.92. The maximum Gasteiger partial charge on any atom is 0.236 e. The second-order valence-corrected chi connectivity index (χ2v) is 6.75. The van der Waals surface area contributed by atoms with Crippen molar-refractivity contribution >= 4 is 17.2 Å². The molecule has 1 saturated heterocycles. The lowest BCUT2D eigenvalue weighted by Crippen LogP contribution is -2.40. The first-order valence-corrected chi connectivity index (χ1v) is 8.18. The number of hydrogen-bond donors (Lipinski definition) is 1. The van der Waals surface area contributed by atoms with E-state index in [9.17, 15) is 4.79 Å². The number of hydrogen-bond acceptors (Lipinski definition) is 4. The minimum atomic E-state index is 0.204. The van der Waals surface area contributed by atoms with Crippen LogP contribution < -0.4 is 5.32 Å². The quantitative estimate of drug-likeness (QED) is 0.866. The number of carbonyl (C=O) groups is 1. The van der Waals surface area contributed by atoms with Gasteiger partial charge in [-0.1, -0.05) is 6.07 Å². The van der Waals surface area contributed by atoms with Crippen LogP contribution >= 0.6 is 11.3 Å². The van der Waals surface area contributed by atoms with Gasteiger partial charge in [0.05, 0.1) is 13.1 Å². The van der Waals surface area contributed by atoms with Crippen LogP contribution in [0.1, 0.15) is 17.7 Å².